The van der Waals surface area contributed by atoms with Crippen molar-refractivity contribution in [1.82, 2.24) is 10.2 Å². The van der Waals surface area contributed by atoms with Crippen LogP contribution in [0.2, 0.25) is 5.02 Å². The topological polar surface area (TPSA) is 83.8 Å². The SMILES string of the molecule is CCc1cc(NC(=O)c2c(N)cccc2Cl)n[nH]1. The van der Waals surface area contributed by atoms with Crippen molar-refractivity contribution in [2.24, 2.45) is 0 Å². The lowest BCUT2D eigenvalue weighted by Gasteiger charge is -2.06. The minimum Gasteiger partial charge on any atom is -0.398 e. The van der Waals surface area contributed by atoms with E-state index in [9.17, 15) is 4.79 Å². The van der Waals surface area contributed by atoms with Gasteiger partial charge in [-0.3, -0.25) is 9.89 Å². The predicted octanol–water partition coefficient (Wildman–Crippen LogP) is 2.46. The molecule has 0 unspecified atom stereocenters. The highest BCUT2D eigenvalue weighted by Crippen LogP contribution is 2.22. The van der Waals surface area contributed by atoms with Crippen molar-refractivity contribution in [3.05, 3.63) is 40.5 Å². The van der Waals surface area contributed by atoms with Gasteiger partial charge in [-0.1, -0.05) is 24.6 Å². The van der Waals surface area contributed by atoms with Crippen LogP contribution < -0.4 is 11.1 Å². The third-order valence-electron chi connectivity index (χ3n) is 2.53. The van der Waals surface area contributed by atoms with Crippen LogP contribution in [0.5, 0.6) is 0 Å². The number of nitrogens with two attached hydrogens (primary N) is 1. The highest BCUT2D eigenvalue weighted by Gasteiger charge is 2.14. The number of nitrogen functional groups attached to an aromatic ring is 1. The number of aryl methyl sites for hydroxylation is 1. The molecule has 0 aliphatic heterocycles. The number of anilines is 2. The molecule has 0 bridgehead atoms. The summed E-state index contributed by atoms with van der Waals surface area (Å²) in [5.74, 6) is 0.0865. The molecule has 2 rings (SSSR count). The molecular weight excluding hydrogens is 252 g/mol. The monoisotopic (exact) mass is 264 g/mol. The van der Waals surface area contributed by atoms with Crippen LogP contribution in [0.4, 0.5) is 11.5 Å². The summed E-state index contributed by atoms with van der Waals surface area (Å²) in [5, 5.41) is 9.75. The second-order valence-electron chi connectivity index (χ2n) is 3.79. The lowest BCUT2D eigenvalue weighted by atomic mass is 10.1. The summed E-state index contributed by atoms with van der Waals surface area (Å²) in [6.45, 7) is 1.99. The number of carbonyl (C=O) groups is 1. The Kier molecular flexibility index (Phi) is 3.53. The highest BCUT2D eigenvalue weighted by molar-refractivity contribution is 6.35. The Balaban J connectivity index is 2.22. The van der Waals surface area contributed by atoms with E-state index in [1.54, 1.807) is 24.3 Å². The first kappa shape index (κ1) is 12.4. The van der Waals surface area contributed by atoms with E-state index in [1.165, 1.54) is 0 Å². The number of aromatic nitrogens is 2. The Morgan fingerprint density at radius 2 is 2.33 bits per heavy atom. The van der Waals surface area contributed by atoms with Crippen LogP contribution in [0.1, 0.15) is 23.0 Å². The molecule has 0 saturated heterocycles. The fourth-order valence-electron chi connectivity index (χ4n) is 1.57. The molecule has 94 valence electrons. The van der Waals surface area contributed by atoms with E-state index in [0.717, 1.165) is 12.1 Å². The summed E-state index contributed by atoms with van der Waals surface area (Å²) in [4.78, 5) is 12.0. The molecule has 0 fully saturated rings. The zero-order valence-corrected chi connectivity index (χ0v) is 10.6. The number of aromatic amines is 1. The first-order valence-corrected chi connectivity index (χ1v) is 5.89. The molecule has 1 amide bonds. The number of nitrogens with one attached hydrogen (secondary N) is 2. The van der Waals surface area contributed by atoms with E-state index in [-0.39, 0.29) is 11.5 Å². The van der Waals surface area contributed by atoms with E-state index in [1.807, 2.05) is 6.92 Å². The van der Waals surface area contributed by atoms with Gasteiger partial charge in [0.2, 0.25) is 0 Å². The number of hydrogen-bond donors (Lipinski definition) is 3. The van der Waals surface area contributed by atoms with Crippen molar-refractivity contribution in [2.75, 3.05) is 11.1 Å². The maximum absolute atomic E-state index is 12.0. The van der Waals surface area contributed by atoms with Crippen molar-refractivity contribution in [3.8, 4) is 0 Å². The van der Waals surface area contributed by atoms with Gasteiger partial charge in [-0.2, -0.15) is 5.10 Å². The number of benzene rings is 1. The summed E-state index contributed by atoms with van der Waals surface area (Å²) >= 11 is 5.95. The molecule has 0 aliphatic carbocycles. The Morgan fingerprint density at radius 1 is 1.56 bits per heavy atom. The molecule has 0 saturated carbocycles. The Morgan fingerprint density at radius 3 is 2.94 bits per heavy atom. The number of H-pyrrole nitrogens is 1. The van der Waals surface area contributed by atoms with Gasteiger partial charge in [0, 0.05) is 17.4 Å². The lowest BCUT2D eigenvalue weighted by Crippen LogP contribution is -2.14. The molecule has 1 aromatic heterocycles. The summed E-state index contributed by atoms with van der Waals surface area (Å²) in [7, 11) is 0. The quantitative estimate of drug-likeness (QED) is 0.745. The Labute approximate surface area is 109 Å². The third-order valence-corrected chi connectivity index (χ3v) is 2.84. The fourth-order valence-corrected chi connectivity index (χ4v) is 1.83. The summed E-state index contributed by atoms with van der Waals surface area (Å²) in [6, 6.07) is 6.71. The van der Waals surface area contributed by atoms with Crippen LogP contribution in [0.15, 0.2) is 24.3 Å². The Hall–Kier alpha value is -2.01. The van der Waals surface area contributed by atoms with Crippen molar-refractivity contribution in [3.63, 3.8) is 0 Å². The second kappa shape index (κ2) is 5.10. The molecule has 0 aliphatic rings. The minimum atomic E-state index is -0.368. The second-order valence-corrected chi connectivity index (χ2v) is 4.20. The number of carbonyl (C=O) groups excluding carboxylic acids is 1. The van der Waals surface area contributed by atoms with Gasteiger partial charge >= 0.3 is 0 Å². The first-order chi connectivity index (χ1) is 8.61. The van der Waals surface area contributed by atoms with Crippen LogP contribution in [0, 0.1) is 0 Å². The van der Waals surface area contributed by atoms with Crippen LogP contribution >= 0.6 is 11.6 Å². The fraction of sp³-hybridized carbons (Fsp3) is 0.167. The molecule has 1 heterocycles. The molecule has 2 aromatic rings. The molecule has 5 nitrogen and oxygen atoms in total. The van der Waals surface area contributed by atoms with E-state index in [4.69, 9.17) is 17.3 Å². The van der Waals surface area contributed by atoms with Gasteiger partial charge in [0.1, 0.15) is 0 Å². The lowest BCUT2D eigenvalue weighted by molar-refractivity contribution is 0.102. The number of nitrogens with zero attached hydrogens (tertiary/aromatic N) is 1. The van der Waals surface area contributed by atoms with Gasteiger partial charge < -0.3 is 11.1 Å². The van der Waals surface area contributed by atoms with Gasteiger partial charge in [0.15, 0.2) is 5.82 Å². The van der Waals surface area contributed by atoms with Gasteiger partial charge in [-0.05, 0) is 18.6 Å². The molecule has 6 heteroatoms. The number of rotatable bonds is 3. The zero-order valence-electron chi connectivity index (χ0n) is 9.83. The maximum atomic E-state index is 12.0. The van der Waals surface area contributed by atoms with Crippen molar-refractivity contribution in [1.29, 1.82) is 0 Å². The zero-order chi connectivity index (χ0) is 13.1. The van der Waals surface area contributed by atoms with Crippen LogP contribution in [0.25, 0.3) is 0 Å². The predicted molar refractivity (Wildman–Crippen MR) is 71.8 cm³/mol. The molecule has 4 N–H and O–H groups in total. The molecule has 0 radical (unpaired) electrons. The molecular formula is C12H13ClN4O. The number of amides is 1. The maximum Gasteiger partial charge on any atom is 0.260 e. The van der Waals surface area contributed by atoms with Crippen molar-refractivity contribution < 1.29 is 4.79 Å². The standard InChI is InChI=1S/C12H13ClN4O/c1-2-7-6-10(17-16-7)15-12(18)11-8(13)4-3-5-9(11)14/h3-6H,2,14H2,1H3,(H2,15,16,17,18). The highest BCUT2D eigenvalue weighted by atomic mass is 35.5. The average Bonchev–Trinajstić information content (AvgIpc) is 2.76. The first-order valence-electron chi connectivity index (χ1n) is 5.51. The third kappa shape index (κ3) is 2.46. The van der Waals surface area contributed by atoms with E-state index >= 15 is 0 Å². The van der Waals surface area contributed by atoms with Crippen LogP contribution in [0.3, 0.4) is 0 Å². The van der Waals surface area contributed by atoms with Crippen LogP contribution in [-0.4, -0.2) is 16.1 Å². The van der Waals surface area contributed by atoms with Crippen molar-refractivity contribution >= 4 is 29.0 Å². The van der Waals surface area contributed by atoms with E-state index < -0.39 is 0 Å². The molecule has 0 spiro atoms. The summed E-state index contributed by atoms with van der Waals surface area (Å²) in [5.41, 5.74) is 7.28. The van der Waals surface area contributed by atoms with Crippen molar-refractivity contribution in [2.45, 2.75) is 13.3 Å². The molecule has 0 atom stereocenters. The smallest absolute Gasteiger partial charge is 0.260 e. The van der Waals surface area contributed by atoms with Gasteiger partial charge in [0.25, 0.3) is 5.91 Å². The van der Waals surface area contributed by atoms with Gasteiger partial charge in [0.05, 0.1) is 10.6 Å². The average molecular weight is 265 g/mol. The molecule has 1 aromatic carbocycles. The van der Waals surface area contributed by atoms with E-state index in [0.29, 0.717) is 16.5 Å². The normalized spacial score (nSPS) is 10.3. The molecule has 18 heavy (non-hydrogen) atoms. The van der Waals surface area contributed by atoms with E-state index in [2.05, 4.69) is 15.5 Å². The Bertz CT molecular complexity index is 559. The largest absolute Gasteiger partial charge is 0.398 e. The number of halogens is 1. The van der Waals surface area contributed by atoms with Crippen LogP contribution in [-0.2, 0) is 6.42 Å². The number of hydrogen-bond acceptors (Lipinski definition) is 3. The van der Waals surface area contributed by atoms with Gasteiger partial charge in [-0.25, -0.2) is 0 Å². The summed E-state index contributed by atoms with van der Waals surface area (Å²) < 4.78 is 0. The summed E-state index contributed by atoms with van der Waals surface area (Å²) in [6.07, 6.45) is 0.817. The minimum absolute atomic E-state index is 0.264. The van der Waals surface area contributed by atoms with Gasteiger partial charge in [-0.15, -0.1) is 0 Å².